The van der Waals surface area contributed by atoms with Crippen LogP contribution in [0.5, 0.6) is 0 Å². The van der Waals surface area contributed by atoms with Crippen LogP contribution in [0.2, 0.25) is 0 Å². The number of nitrogens with two attached hydrogens (primary N) is 1. The summed E-state index contributed by atoms with van der Waals surface area (Å²) < 4.78 is 0. The number of thioether (sulfide) groups is 1. The van der Waals surface area contributed by atoms with Crippen LogP contribution in [0.25, 0.3) is 0 Å². The maximum atomic E-state index is 5.88. The van der Waals surface area contributed by atoms with Crippen molar-refractivity contribution in [3.63, 3.8) is 0 Å². The van der Waals surface area contributed by atoms with Gasteiger partial charge in [-0.05, 0) is 25.1 Å². The number of likely N-dealkylation sites (tertiary alicyclic amines) is 1. The van der Waals surface area contributed by atoms with Crippen LogP contribution in [0, 0.1) is 0 Å². The summed E-state index contributed by atoms with van der Waals surface area (Å²) in [5.41, 5.74) is 5.88. The highest BCUT2D eigenvalue weighted by Gasteiger charge is 2.15. The van der Waals surface area contributed by atoms with Crippen molar-refractivity contribution in [1.82, 2.24) is 4.90 Å². The average molecular weight is 188 g/mol. The topological polar surface area (TPSA) is 29.3 Å². The second-order valence-corrected chi connectivity index (χ2v) is 4.79. The molecule has 0 aromatic rings. The second-order valence-electron chi connectivity index (χ2n) is 3.40. The Balaban J connectivity index is 2.06. The minimum atomic E-state index is 0.436. The Morgan fingerprint density at radius 3 is 3.08 bits per heavy atom. The molecule has 2 nitrogen and oxygen atoms in total. The Morgan fingerprint density at radius 2 is 2.42 bits per heavy atom. The summed E-state index contributed by atoms with van der Waals surface area (Å²) in [6.45, 7) is 5.82. The fourth-order valence-corrected chi connectivity index (χ4v) is 2.31. The van der Waals surface area contributed by atoms with Crippen molar-refractivity contribution in [3.05, 3.63) is 0 Å². The Bertz CT molecular complexity index is 119. The van der Waals surface area contributed by atoms with Gasteiger partial charge in [0.15, 0.2) is 0 Å². The third-order valence-corrected chi connectivity index (χ3v) is 3.18. The van der Waals surface area contributed by atoms with Crippen molar-refractivity contribution >= 4 is 11.8 Å². The van der Waals surface area contributed by atoms with E-state index < -0.39 is 0 Å². The van der Waals surface area contributed by atoms with Crippen LogP contribution in [0.4, 0.5) is 0 Å². The van der Waals surface area contributed by atoms with Crippen LogP contribution >= 0.6 is 11.8 Å². The largest absolute Gasteiger partial charge is 0.327 e. The molecule has 3 heteroatoms. The Hall–Kier alpha value is 0.270. The zero-order valence-corrected chi connectivity index (χ0v) is 8.78. The van der Waals surface area contributed by atoms with Gasteiger partial charge in [-0.3, -0.25) is 0 Å². The average Bonchev–Trinajstić information content (AvgIpc) is 2.05. The quantitative estimate of drug-likeness (QED) is 0.671. The predicted molar refractivity (Wildman–Crippen MR) is 56.6 cm³/mol. The maximum absolute atomic E-state index is 5.88. The zero-order valence-electron chi connectivity index (χ0n) is 7.96. The van der Waals surface area contributed by atoms with Gasteiger partial charge in [0, 0.05) is 24.9 Å². The molecule has 1 heterocycles. The predicted octanol–water partition coefficient (Wildman–Crippen LogP) is 1.16. The molecule has 1 aliphatic heterocycles. The van der Waals surface area contributed by atoms with Crippen molar-refractivity contribution in [1.29, 1.82) is 0 Å². The first-order valence-corrected chi connectivity index (χ1v) is 6.04. The molecule has 12 heavy (non-hydrogen) atoms. The van der Waals surface area contributed by atoms with E-state index in [2.05, 4.69) is 11.8 Å². The van der Waals surface area contributed by atoms with Gasteiger partial charge in [0.1, 0.15) is 0 Å². The van der Waals surface area contributed by atoms with Gasteiger partial charge in [-0.2, -0.15) is 11.8 Å². The third kappa shape index (κ3) is 3.78. The maximum Gasteiger partial charge on any atom is 0.0168 e. The third-order valence-electron chi connectivity index (χ3n) is 2.30. The van der Waals surface area contributed by atoms with Gasteiger partial charge in [-0.25, -0.2) is 0 Å². The first-order chi connectivity index (χ1) is 5.83. The molecule has 0 spiro atoms. The lowest BCUT2D eigenvalue weighted by Crippen LogP contribution is -2.43. The van der Waals surface area contributed by atoms with E-state index in [-0.39, 0.29) is 0 Å². The summed E-state index contributed by atoms with van der Waals surface area (Å²) in [6.07, 6.45) is 2.51. The minimum absolute atomic E-state index is 0.436. The summed E-state index contributed by atoms with van der Waals surface area (Å²) in [5, 5.41) is 0. The number of rotatable bonds is 4. The van der Waals surface area contributed by atoms with E-state index in [4.69, 9.17) is 5.73 Å². The molecule has 0 aliphatic carbocycles. The van der Waals surface area contributed by atoms with Crippen molar-refractivity contribution in [2.75, 3.05) is 31.1 Å². The van der Waals surface area contributed by atoms with Gasteiger partial charge >= 0.3 is 0 Å². The van der Waals surface area contributed by atoms with Gasteiger partial charge in [0.25, 0.3) is 0 Å². The number of hydrogen-bond donors (Lipinski definition) is 1. The van der Waals surface area contributed by atoms with E-state index >= 15 is 0 Å². The molecule has 1 unspecified atom stereocenters. The molecule has 72 valence electrons. The van der Waals surface area contributed by atoms with Crippen molar-refractivity contribution in [2.45, 2.75) is 25.8 Å². The normalized spacial score (nSPS) is 26.0. The van der Waals surface area contributed by atoms with E-state index in [1.807, 2.05) is 11.8 Å². The minimum Gasteiger partial charge on any atom is -0.327 e. The lowest BCUT2D eigenvalue weighted by atomic mass is 10.1. The molecule has 0 radical (unpaired) electrons. The van der Waals surface area contributed by atoms with Crippen LogP contribution in [0.3, 0.4) is 0 Å². The van der Waals surface area contributed by atoms with Crippen molar-refractivity contribution in [3.8, 4) is 0 Å². The molecule has 1 atom stereocenters. The summed E-state index contributed by atoms with van der Waals surface area (Å²) in [5.74, 6) is 2.50. The SMILES string of the molecule is CCSCCN1CCCC(N)C1. The van der Waals surface area contributed by atoms with Gasteiger partial charge in [-0.15, -0.1) is 0 Å². The zero-order chi connectivity index (χ0) is 8.81. The van der Waals surface area contributed by atoms with E-state index in [1.165, 1.54) is 37.4 Å². The fraction of sp³-hybridized carbons (Fsp3) is 1.00. The summed E-state index contributed by atoms with van der Waals surface area (Å²) in [6, 6.07) is 0.436. The smallest absolute Gasteiger partial charge is 0.0168 e. The molecule has 1 fully saturated rings. The molecule has 0 saturated carbocycles. The highest BCUT2D eigenvalue weighted by molar-refractivity contribution is 7.99. The first kappa shape index (κ1) is 10.4. The van der Waals surface area contributed by atoms with Gasteiger partial charge in [0.05, 0.1) is 0 Å². The van der Waals surface area contributed by atoms with Crippen LogP contribution < -0.4 is 5.73 Å². The van der Waals surface area contributed by atoms with E-state index in [0.29, 0.717) is 6.04 Å². The van der Waals surface area contributed by atoms with Crippen molar-refractivity contribution < 1.29 is 0 Å². The molecule has 1 rings (SSSR count). The molecule has 1 saturated heterocycles. The van der Waals surface area contributed by atoms with E-state index in [1.54, 1.807) is 0 Å². The molecule has 0 bridgehead atoms. The van der Waals surface area contributed by atoms with E-state index in [0.717, 1.165) is 6.54 Å². The highest BCUT2D eigenvalue weighted by Crippen LogP contribution is 2.09. The highest BCUT2D eigenvalue weighted by atomic mass is 32.2. The van der Waals surface area contributed by atoms with Crippen LogP contribution in [-0.2, 0) is 0 Å². The summed E-state index contributed by atoms with van der Waals surface area (Å²) in [4.78, 5) is 2.50. The number of nitrogens with zero attached hydrogens (tertiary/aromatic N) is 1. The standard InChI is InChI=1S/C9H20N2S/c1-2-12-7-6-11-5-3-4-9(10)8-11/h9H,2-8,10H2,1H3. The van der Waals surface area contributed by atoms with E-state index in [9.17, 15) is 0 Å². The Morgan fingerprint density at radius 1 is 1.58 bits per heavy atom. The lowest BCUT2D eigenvalue weighted by molar-refractivity contribution is 0.221. The molecule has 0 aromatic carbocycles. The van der Waals surface area contributed by atoms with Crippen LogP contribution in [-0.4, -0.2) is 42.1 Å². The molecule has 0 aromatic heterocycles. The second kappa shape index (κ2) is 5.84. The lowest BCUT2D eigenvalue weighted by Gasteiger charge is -2.30. The number of piperidine rings is 1. The monoisotopic (exact) mass is 188 g/mol. The van der Waals surface area contributed by atoms with Gasteiger partial charge in [-0.1, -0.05) is 6.92 Å². The number of hydrogen-bond acceptors (Lipinski definition) is 3. The molecular weight excluding hydrogens is 168 g/mol. The van der Waals surface area contributed by atoms with Gasteiger partial charge < -0.3 is 10.6 Å². The molecule has 1 aliphatic rings. The van der Waals surface area contributed by atoms with Crippen LogP contribution in [0.15, 0.2) is 0 Å². The molecular formula is C9H20N2S. The molecule has 2 N–H and O–H groups in total. The fourth-order valence-electron chi connectivity index (χ4n) is 1.63. The van der Waals surface area contributed by atoms with Crippen LogP contribution in [0.1, 0.15) is 19.8 Å². The summed E-state index contributed by atoms with van der Waals surface area (Å²) >= 11 is 2.02. The molecule has 0 amide bonds. The Labute approximate surface area is 79.9 Å². The first-order valence-electron chi connectivity index (χ1n) is 4.88. The van der Waals surface area contributed by atoms with Crippen molar-refractivity contribution in [2.24, 2.45) is 5.73 Å². The summed E-state index contributed by atoms with van der Waals surface area (Å²) in [7, 11) is 0. The van der Waals surface area contributed by atoms with Gasteiger partial charge in [0.2, 0.25) is 0 Å². The Kier molecular flexibility index (Phi) is 5.04.